The summed E-state index contributed by atoms with van der Waals surface area (Å²) in [6.45, 7) is 10.6. The van der Waals surface area contributed by atoms with Crippen LogP contribution in [0.5, 0.6) is 0 Å². The third-order valence-corrected chi connectivity index (χ3v) is 4.23. The zero-order valence-corrected chi connectivity index (χ0v) is 14.8. The van der Waals surface area contributed by atoms with Gasteiger partial charge >= 0.3 is 0 Å². The Labute approximate surface area is 139 Å². The van der Waals surface area contributed by atoms with Crippen molar-refractivity contribution in [2.24, 2.45) is 0 Å². The fourth-order valence-corrected chi connectivity index (χ4v) is 2.71. The quantitative estimate of drug-likeness (QED) is 0.783. The SMILES string of the molecule is Cc1ccc(NC(=S)N[C@H](C)c2ccc(C)c(C)c2)c(C)c1. The van der Waals surface area contributed by atoms with Gasteiger partial charge in [0.1, 0.15) is 0 Å². The molecule has 2 nitrogen and oxygen atoms in total. The minimum atomic E-state index is 0.171. The van der Waals surface area contributed by atoms with Crippen LogP contribution in [0.3, 0.4) is 0 Å². The van der Waals surface area contributed by atoms with Crippen molar-refractivity contribution >= 4 is 23.0 Å². The van der Waals surface area contributed by atoms with Gasteiger partial charge in [-0.05, 0) is 75.2 Å². The highest BCUT2D eigenvalue weighted by Crippen LogP contribution is 2.18. The first-order valence-electron chi connectivity index (χ1n) is 7.58. The summed E-state index contributed by atoms with van der Waals surface area (Å²) in [6, 6.07) is 13.0. The van der Waals surface area contributed by atoms with E-state index in [4.69, 9.17) is 12.2 Å². The lowest BCUT2D eigenvalue weighted by Crippen LogP contribution is -2.31. The topological polar surface area (TPSA) is 24.1 Å². The standard InChI is InChI=1S/C19H24N2S/c1-12-6-9-18(15(4)10-12)21-19(22)20-16(5)17-8-7-13(2)14(3)11-17/h6-11,16H,1-5H3,(H2,20,21,22)/t16-/m1/s1. The average Bonchev–Trinajstić information content (AvgIpc) is 2.45. The smallest absolute Gasteiger partial charge is 0.171 e. The molecule has 0 radical (unpaired) electrons. The van der Waals surface area contributed by atoms with Crippen LogP contribution in [-0.2, 0) is 0 Å². The number of thiocarbonyl (C=S) groups is 1. The Morgan fingerprint density at radius 2 is 1.64 bits per heavy atom. The van der Waals surface area contributed by atoms with Crippen LogP contribution in [0.25, 0.3) is 0 Å². The molecule has 0 bridgehead atoms. The minimum absolute atomic E-state index is 0.171. The molecule has 2 rings (SSSR count). The Morgan fingerprint density at radius 1 is 0.909 bits per heavy atom. The second-order valence-electron chi connectivity index (χ2n) is 5.98. The van der Waals surface area contributed by atoms with Gasteiger partial charge in [-0.1, -0.05) is 35.9 Å². The first-order valence-corrected chi connectivity index (χ1v) is 7.99. The highest BCUT2D eigenvalue weighted by Gasteiger charge is 2.09. The molecular weight excluding hydrogens is 288 g/mol. The predicted octanol–water partition coefficient (Wildman–Crippen LogP) is 4.97. The summed E-state index contributed by atoms with van der Waals surface area (Å²) < 4.78 is 0. The van der Waals surface area contributed by atoms with E-state index >= 15 is 0 Å². The maximum atomic E-state index is 5.44. The number of aryl methyl sites for hydroxylation is 4. The van der Waals surface area contributed by atoms with Gasteiger partial charge in [0.05, 0.1) is 6.04 Å². The van der Waals surface area contributed by atoms with Crippen molar-refractivity contribution in [1.82, 2.24) is 5.32 Å². The van der Waals surface area contributed by atoms with Crippen molar-refractivity contribution in [1.29, 1.82) is 0 Å². The molecule has 116 valence electrons. The number of hydrogen-bond acceptors (Lipinski definition) is 1. The van der Waals surface area contributed by atoms with Crippen LogP contribution in [0.2, 0.25) is 0 Å². The van der Waals surface area contributed by atoms with E-state index in [2.05, 4.69) is 81.7 Å². The van der Waals surface area contributed by atoms with Crippen LogP contribution >= 0.6 is 12.2 Å². The molecule has 0 unspecified atom stereocenters. The average molecular weight is 312 g/mol. The summed E-state index contributed by atoms with van der Waals surface area (Å²) in [5, 5.41) is 7.29. The van der Waals surface area contributed by atoms with Crippen LogP contribution in [0.4, 0.5) is 5.69 Å². The second kappa shape index (κ2) is 6.93. The maximum absolute atomic E-state index is 5.44. The van der Waals surface area contributed by atoms with Gasteiger partial charge in [0.15, 0.2) is 5.11 Å². The van der Waals surface area contributed by atoms with Gasteiger partial charge in [0.25, 0.3) is 0 Å². The zero-order valence-electron chi connectivity index (χ0n) is 13.9. The monoisotopic (exact) mass is 312 g/mol. The Kier molecular flexibility index (Phi) is 5.19. The second-order valence-corrected chi connectivity index (χ2v) is 6.39. The molecule has 1 atom stereocenters. The molecule has 0 amide bonds. The van der Waals surface area contributed by atoms with Crippen molar-refractivity contribution in [3.63, 3.8) is 0 Å². The summed E-state index contributed by atoms with van der Waals surface area (Å²) in [5.41, 5.74) is 7.36. The summed E-state index contributed by atoms with van der Waals surface area (Å²) in [5.74, 6) is 0. The van der Waals surface area contributed by atoms with Crippen molar-refractivity contribution < 1.29 is 0 Å². The van der Waals surface area contributed by atoms with Crippen molar-refractivity contribution in [2.75, 3.05) is 5.32 Å². The van der Waals surface area contributed by atoms with Gasteiger partial charge in [-0.15, -0.1) is 0 Å². The van der Waals surface area contributed by atoms with E-state index in [1.165, 1.54) is 27.8 Å². The van der Waals surface area contributed by atoms with Gasteiger partial charge in [-0.25, -0.2) is 0 Å². The molecule has 22 heavy (non-hydrogen) atoms. The largest absolute Gasteiger partial charge is 0.356 e. The molecule has 0 heterocycles. The third kappa shape index (κ3) is 4.08. The number of hydrogen-bond donors (Lipinski definition) is 2. The summed E-state index contributed by atoms with van der Waals surface area (Å²) in [6.07, 6.45) is 0. The Bertz CT molecular complexity index is 692. The molecule has 0 aliphatic heterocycles. The van der Waals surface area contributed by atoms with Crippen molar-refractivity contribution in [3.8, 4) is 0 Å². The van der Waals surface area contributed by atoms with E-state index in [9.17, 15) is 0 Å². The lowest BCUT2D eigenvalue weighted by molar-refractivity contribution is 0.721. The molecule has 0 fully saturated rings. The molecule has 0 aliphatic carbocycles. The number of nitrogens with one attached hydrogen (secondary N) is 2. The van der Waals surface area contributed by atoms with E-state index in [1.807, 2.05) is 0 Å². The molecule has 0 aromatic heterocycles. The lowest BCUT2D eigenvalue weighted by atomic mass is 10.0. The van der Waals surface area contributed by atoms with Crippen LogP contribution in [0.1, 0.15) is 40.8 Å². The first-order chi connectivity index (χ1) is 10.4. The number of rotatable bonds is 3. The van der Waals surface area contributed by atoms with E-state index in [0.29, 0.717) is 5.11 Å². The van der Waals surface area contributed by atoms with E-state index in [-0.39, 0.29) is 6.04 Å². The summed E-state index contributed by atoms with van der Waals surface area (Å²) in [4.78, 5) is 0. The molecule has 2 N–H and O–H groups in total. The van der Waals surface area contributed by atoms with Gasteiger partial charge in [0, 0.05) is 5.69 Å². The van der Waals surface area contributed by atoms with E-state index in [0.717, 1.165) is 5.69 Å². The predicted molar refractivity (Wildman–Crippen MR) is 99.6 cm³/mol. The minimum Gasteiger partial charge on any atom is -0.356 e. The molecule has 0 saturated carbocycles. The van der Waals surface area contributed by atoms with Crippen LogP contribution < -0.4 is 10.6 Å². The van der Waals surface area contributed by atoms with Crippen LogP contribution in [-0.4, -0.2) is 5.11 Å². The highest BCUT2D eigenvalue weighted by molar-refractivity contribution is 7.80. The van der Waals surface area contributed by atoms with Gasteiger partial charge in [-0.2, -0.15) is 0 Å². The molecule has 2 aromatic carbocycles. The van der Waals surface area contributed by atoms with Crippen molar-refractivity contribution in [2.45, 2.75) is 40.7 Å². The summed E-state index contributed by atoms with van der Waals surface area (Å²) in [7, 11) is 0. The lowest BCUT2D eigenvalue weighted by Gasteiger charge is -2.19. The van der Waals surface area contributed by atoms with E-state index < -0.39 is 0 Å². The molecule has 0 spiro atoms. The zero-order chi connectivity index (χ0) is 16.3. The molecular formula is C19H24N2S. The third-order valence-electron chi connectivity index (χ3n) is 4.01. The maximum Gasteiger partial charge on any atom is 0.171 e. The van der Waals surface area contributed by atoms with Gasteiger partial charge in [-0.3, -0.25) is 0 Å². The van der Waals surface area contributed by atoms with Crippen molar-refractivity contribution in [3.05, 3.63) is 64.2 Å². The number of benzene rings is 2. The molecule has 0 aliphatic rings. The Morgan fingerprint density at radius 3 is 2.27 bits per heavy atom. The Hall–Kier alpha value is -1.87. The molecule has 2 aromatic rings. The van der Waals surface area contributed by atoms with Crippen LogP contribution in [0, 0.1) is 27.7 Å². The van der Waals surface area contributed by atoms with E-state index in [1.54, 1.807) is 0 Å². The number of anilines is 1. The normalized spacial score (nSPS) is 11.9. The van der Waals surface area contributed by atoms with Crippen LogP contribution in [0.15, 0.2) is 36.4 Å². The fraction of sp³-hybridized carbons (Fsp3) is 0.316. The van der Waals surface area contributed by atoms with Gasteiger partial charge in [0.2, 0.25) is 0 Å². The Balaban J connectivity index is 2.03. The van der Waals surface area contributed by atoms with Gasteiger partial charge < -0.3 is 10.6 Å². The molecule has 0 saturated heterocycles. The highest BCUT2D eigenvalue weighted by atomic mass is 32.1. The summed E-state index contributed by atoms with van der Waals surface area (Å²) >= 11 is 5.44. The fourth-order valence-electron chi connectivity index (χ4n) is 2.43. The first kappa shape index (κ1) is 16.5. The molecule has 3 heteroatoms.